The Hall–Kier alpha value is -5.88. The molecule has 11 N–H and O–H groups in total. The number of nitrogens with one attached hydrogen (secondary N) is 5. The monoisotopic (exact) mass is 1070 g/mol. The minimum Gasteiger partial charge on any atom is -0.456 e. The third kappa shape index (κ3) is 12.0. The summed E-state index contributed by atoms with van der Waals surface area (Å²) in [5, 5.41) is 34.7. The SMILES string of the molecule is CCCC1O[C@@H]2C[C@H]3[C@@H]4C[C@H](F)C5=CC(=O)C=C[C@]5(C)[C@@]4(F)[C@@H](O)C[C@]3(C)[C@]2(C(=O)COC(=O)[C@H](CC(C)C)NC(=O)[C@H](CO)NC(=O)OCc2ccc(NC(=O)[C@H](CCCNC(N)=O)NC(=O)[C@@H](N)C(C)C)cc2)O1. The van der Waals surface area contributed by atoms with Crippen molar-refractivity contribution in [3.05, 3.63) is 53.6 Å². The van der Waals surface area contributed by atoms with Crippen LogP contribution in [0.2, 0.25) is 0 Å². The molecule has 1 saturated heterocycles. The van der Waals surface area contributed by atoms with E-state index < -0.39 is 143 Å². The molecule has 1 aromatic rings. The third-order valence-electron chi connectivity index (χ3n) is 16.0. The highest BCUT2D eigenvalue weighted by molar-refractivity contribution is 6.01. The van der Waals surface area contributed by atoms with Crippen molar-refractivity contribution in [2.45, 2.75) is 167 Å². The highest BCUT2D eigenvalue weighted by Crippen LogP contribution is 2.72. The Morgan fingerprint density at radius 2 is 1.61 bits per heavy atom. The maximum atomic E-state index is 17.9. The molecule has 1 unspecified atom stereocenters. The van der Waals surface area contributed by atoms with Crippen molar-refractivity contribution in [2.75, 3.05) is 25.1 Å². The highest BCUT2D eigenvalue weighted by atomic mass is 19.1. The van der Waals surface area contributed by atoms with Crippen LogP contribution in [0.5, 0.6) is 0 Å². The quantitative estimate of drug-likeness (QED) is 0.0562. The lowest BCUT2D eigenvalue weighted by Gasteiger charge is -2.63. The summed E-state index contributed by atoms with van der Waals surface area (Å²) in [5.41, 5.74) is 4.56. The van der Waals surface area contributed by atoms with E-state index in [1.165, 1.54) is 31.2 Å². The van der Waals surface area contributed by atoms with Gasteiger partial charge in [-0.2, -0.15) is 0 Å². The molecular weight excluding hydrogens is 997 g/mol. The zero-order chi connectivity index (χ0) is 56.1. The van der Waals surface area contributed by atoms with Crippen molar-refractivity contribution in [1.29, 1.82) is 0 Å². The second kappa shape index (κ2) is 24.2. The number of halogens is 2. The number of nitrogens with two attached hydrogens (primary N) is 2. The van der Waals surface area contributed by atoms with E-state index in [0.29, 0.717) is 30.5 Å². The number of benzene rings is 1. The molecule has 4 aliphatic carbocycles. The second-order valence-electron chi connectivity index (χ2n) is 21.9. The molecule has 1 aromatic carbocycles. The molecule has 5 aliphatic rings. The summed E-state index contributed by atoms with van der Waals surface area (Å²) in [6.07, 6.45) is -1.93. The van der Waals surface area contributed by atoms with Crippen molar-refractivity contribution >= 4 is 53.1 Å². The van der Waals surface area contributed by atoms with Gasteiger partial charge in [-0.15, -0.1) is 0 Å². The number of carbonyl (C=O) groups excluding carboxylic acids is 8. The van der Waals surface area contributed by atoms with Gasteiger partial charge >= 0.3 is 18.1 Å². The summed E-state index contributed by atoms with van der Waals surface area (Å²) in [6.45, 7) is 10.2. The fourth-order valence-corrected chi connectivity index (χ4v) is 12.0. The van der Waals surface area contributed by atoms with E-state index in [2.05, 4.69) is 26.6 Å². The second-order valence-corrected chi connectivity index (χ2v) is 21.9. The molecule has 1 heterocycles. The van der Waals surface area contributed by atoms with Crippen LogP contribution >= 0.6 is 0 Å². The molecule has 6 amide bonds. The van der Waals surface area contributed by atoms with E-state index in [-0.39, 0.29) is 62.7 Å². The van der Waals surface area contributed by atoms with Crippen LogP contribution in [0.3, 0.4) is 0 Å². The summed E-state index contributed by atoms with van der Waals surface area (Å²) in [5.74, 6) is -6.61. The van der Waals surface area contributed by atoms with Crippen LogP contribution in [0.4, 0.5) is 24.1 Å². The van der Waals surface area contributed by atoms with E-state index >= 15 is 8.78 Å². The van der Waals surface area contributed by atoms with Crippen molar-refractivity contribution < 1.29 is 76.3 Å². The van der Waals surface area contributed by atoms with E-state index in [1.807, 2.05) is 6.92 Å². The van der Waals surface area contributed by atoms with Gasteiger partial charge in [0.05, 0.1) is 24.9 Å². The smallest absolute Gasteiger partial charge is 0.408 e. The van der Waals surface area contributed by atoms with Crippen LogP contribution in [-0.4, -0.2) is 137 Å². The lowest BCUT2D eigenvalue weighted by Crippen LogP contribution is -2.71. The number of alkyl carbamates (subject to hydrolysis) is 1. The molecule has 3 saturated carbocycles. The number of anilines is 1. The molecule has 21 nitrogen and oxygen atoms in total. The van der Waals surface area contributed by atoms with Gasteiger partial charge in [0.25, 0.3) is 0 Å². The maximum Gasteiger partial charge on any atom is 0.408 e. The summed E-state index contributed by atoms with van der Waals surface area (Å²) < 4.78 is 57.9. The molecule has 1 aliphatic heterocycles. The first-order chi connectivity index (χ1) is 35.8. The normalized spacial score (nSPS) is 30.8. The first kappa shape index (κ1) is 59.4. The van der Waals surface area contributed by atoms with Crippen LogP contribution in [0.15, 0.2) is 48.1 Å². The number of Topliss-reactive ketones (excluding diaryl/α,β-unsaturated/α-hetero) is 1. The molecule has 0 bridgehead atoms. The molecule has 0 spiro atoms. The van der Waals surface area contributed by atoms with E-state index in [4.69, 9.17) is 30.4 Å². The number of allylic oxidation sites excluding steroid dienone is 4. The largest absolute Gasteiger partial charge is 0.456 e. The molecule has 0 aromatic heterocycles. The number of hydrogen-bond acceptors (Lipinski definition) is 15. The number of esters is 1. The van der Waals surface area contributed by atoms with Gasteiger partial charge in [0.15, 0.2) is 29.9 Å². The molecule has 0 radical (unpaired) electrons. The number of ether oxygens (including phenoxy) is 4. The Morgan fingerprint density at radius 3 is 2.24 bits per heavy atom. The van der Waals surface area contributed by atoms with Crippen LogP contribution in [0.1, 0.15) is 105 Å². The zero-order valence-corrected chi connectivity index (χ0v) is 44.2. The molecule has 4 fully saturated rings. The Bertz CT molecular complexity index is 2430. The number of ketones is 2. The van der Waals surface area contributed by atoms with Gasteiger partial charge in [-0.3, -0.25) is 24.0 Å². The molecule has 14 atom stereocenters. The molecule has 76 heavy (non-hydrogen) atoms. The Labute approximate surface area is 440 Å². The van der Waals surface area contributed by atoms with Crippen molar-refractivity contribution in [3.63, 3.8) is 0 Å². The number of hydrogen-bond donors (Lipinski definition) is 9. The maximum absolute atomic E-state index is 17.9. The van der Waals surface area contributed by atoms with Crippen LogP contribution in [0.25, 0.3) is 0 Å². The molecule has 23 heteroatoms. The average Bonchev–Trinajstić information content (AvgIpc) is 3.85. The highest BCUT2D eigenvalue weighted by Gasteiger charge is 2.80. The van der Waals surface area contributed by atoms with Crippen molar-refractivity contribution in [2.24, 2.45) is 46.0 Å². The Kier molecular flexibility index (Phi) is 18.9. The van der Waals surface area contributed by atoms with Gasteiger partial charge in [-0.25, -0.2) is 23.2 Å². The first-order valence-electron chi connectivity index (χ1n) is 26.1. The van der Waals surface area contributed by atoms with Crippen LogP contribution in [0, 0.1) is 34.5 Å². The number of alkyl halides is 2. The number of fused-ring (bicyclic) bond motifs is 7. The number of aliphatic hydroxyl groups is 2. The van der Waals surface area contributed by atoms with Gasteiger partial charge in [-0.05, 0) is 105 Å². The summed E-state index contributed by atoms with van der Waals surface area (Å²) in [7, 11) is 0. The predicted octanol–water partition coefficient (Wildman–Crippen LogP) is 2.98. The zero-order valence-electron chi connectivity index (χ0n) is 44.2. The number of primary amides is 1. The number of aliphatic hydroxyl groups excluding tert-OH is 2. The summed E-state index contributed by atoms with van der Waals surface area (Å²) in [4.78, 5) is 105. The third-order valence-corrected chi connectivity index (χ3v) is 16.0. The topological polar surface area (TPSA) is 326 Å². The van der Waals surface area contributed by atoms with Gasteiger partial charge in [0, 0.05) is 29.0 Å². The van der Waals surface area contributed by atoms with Crippen LogP contribution in [-0.2, 0) is 54.3 Å². The molecule has 420 valence electrons. The van der Waals surface area contributed by atoms with Gasteiger partial charge < -0.3 is 67.2 Å². The number of carbonyl (C=O) groups is 8. The minimum atomic E-state index is -2.43. The fourth-order valence-electron chi connectivity index (χ4n) is 12.0. The molecular formula is C53H75F2N7O14. The van der Waals surface area contributed by atoms with E-state index in [1.54, 1.807) is 46.8 Å². The van der Waals surface area contributed by atoms with Gasteiger partial charge in [0.1, 0.15) is 30.9 Å². The minimum absolute atomic E-state index is 0.00563. The predicted molar refractivity (Wildman–Crippen MR) is 270 cm³/mol. The standard InChI is InChI=1S/C53H75F2N7O14/c1-8-10-42-75-41-22-32-33-21-35(54)34-20-31(64)16-17-50(34,6)52(33,55)39(65)23-51(32,7)53(41,76-42)40(66)26-73-47(70)37(19-27(2)3)61-45(68)38(24-63)62-49(72)74-25-29-12-14-30(15-13-29)59-44(67)36(11-9-18-58-48(57)71)60-46(69)43(56)28(4)5/h12-17,20,27-28,32-33,35-39,41-43,63,65H,8-11,18-19,21-26,56H2,1-7H3,(H,59,67)(H,60,69)(H,61,68)(H,62,72)(H3,57,58,71)/t32-,33-,35-,36-,37-,38-,39-,41+,42?,43-,50-,51-,52-,53+/m0/s1. The molecule has 6 rings (SSSR count). The summed E-state index contributed by atoms with van der Waals surface area (Å²) in [6, 6.07) is 0.538. The van der Waals surface area contributed by atoms with E-state index in [0.717, 1.165) is 6.08 Å². The van der Waals surface area contributed by atoms with Crippen molar-refractivity contribution in [1.82, 2.24) is 21.3 Å². The van der Waals surface area contributed by atoms with Gasteiger partial charge in [0.2, 0.25) is 23.5 Å². The van der Waals surface area contributed by atoms with Crippen LogP contribution < -0.4 is 38.1 Å². The van der Waals surface area contributed by atoms with Gasteiger partial charge in [-0.1, -0.05) is 66.2 Å². The average molecular weight is 1070 g/mol. The Morgan fingerprint density at radius 1 is 0.921 bits per heavy atom. The number of urea groups is 1. The lowest BCUT2D eigenvalue weighted by atomic mass is 9.44. The number of amides is 6. The first-order valence-corrected chi connectivity index (χ1v) is 26.1. The Balaban J connectivity index is 1.06. The van der Waals surface area contributed by atoms with E-state index in [9.17, 15) is 48.6 Å². The number of rotatable bonds is 23. The fraction of sp³-hybridized carbons (Fsp3) is 0.660. The summed E-state index contributed by atoms with van der Waals surface area (Å²) >= 11 is 0. The van der Waals surface area contributed by atoms with Crippen molar-refractivity contribution in [3.8, 4) is 0 Å². The lowest BCUT2D eigenvalue weighted by molar-refractivity contribution is -0.235.